The number of rotatable bonds is 7. The fourth-order valence-corrected chi connectivity index (χ4v) is 7.77. The second-order valence-electron chi connectivity index (χ2n) is 10.0. The number of non-ortho nitro benzene ring substituents is 1. The van der Waals surface area contributed by atoms with Gasteiger partial charge in [0.05, 0.1) is 15.5 Å². The molecule has 2 aliphatic rings. The van der Waals surface area contributed by atoms with Crippen molar-refractivity contribution in [3.8, 4) is 0 Å². The maximum Gasteiger partial charge on any atom is 0.269 e. The summed E-state index contributed by atoms with van der Waals surface area (Å²) in [6.45, 7) is 1.69. The first-order valence-corrected chi connectivity index (χ1v) is 14.5. The second-order valence-corrected chi connectivity index (χ2v) is 11.8. The summed E-state index contributed by atoms with van der Waals surface area (Å²) in [4.78, 5) is 13.2. The summed E-state index contributed by atoms with van der Waals surface area (Å²) in [5.41, 5.74) is 1.90. The van der Waals surface area contributed by atoms with Gasteiger partial charge in [0, 0.05) is 37.3 Å². The molecule has 3 aromatic carbocycles. The topological polar surface area (TPSA) is 83.8 Å². The molecule has 0 spiro atoms. The largest absolute Gasteiger partial charge is 0.300 e. The van der Waals surface area contributed by atoms with Crippen molar-refractivity contribution in [2.24, 2.45) is 0 Å². The van der Waals surface area contributed by atoms with Crippen molar-refractivity contribution in [1.82, 2.24) is 4.90 Å². The zero-order valence-electron chi connectivity index (χ0n) is 20.9. The number of sulfonamides is 1. The monoisotopic (exact) mass is 519 g/mol. The highest BCUT2D eigenvalue weighted by atomic mass is 32.2. The average Bonchev–Trinajstić information content (AvgIpc) is 2.94. The number of benzene rings is 3. The first kappa shape index (κ1) is 25.4. The maximum atomic E-state index is 13.9. The molecule has 5 rings (SSSR count). The summed E-state index contributed by atoms with van der Waals surface area (Å²) in [5.74, 6) is 0.514. The molecule has 1 heterocycles. The van der Waals surface area contributed by atoms with E-state index in [9.17, 15) is 18.5 Å². The van der Waals surface area contributed by atoms with Crippen molar-refractivity contribution >= 4 is 21.4 Å². The molecule has 194 valence electrons. The van der Waals surface area contributed by atoms with Crippen LogP contribution in [0.5, 0.6) is 0 Å². The van der Waals surface area contributed by atoms with Gasteiger partial charge in [0.25, 0.3) is 15.7 Å². The van der Waals surface area contributed by atoms with Crippen molar-refractivity contribution < 1.29 is 13.3 Å². The Kier molecular flexibility index (Phi) is 7.58. The van der Waals surface area contributed by atoms with Crippen LogP contribution in [0.1, 0.15) is 50.0 Å². The highest BCUT2D eigenvalue weighted by Gasteiger charge is 2.38. The Hall–Kier alpha value is -3.23. The van der Waals surface area contributed by atoms with Gasteiger partial charge in [-0.2, -0.15) is 0 Å². The van der Waals surface area contributed by atoms with Crippen LogP contribution >= 0.6 is 0 Å². The summed E-state index contributed by atoms with van der Waals surface area (Å²) >= 11 is 0. The predicted octanol–water partition coefficient (Wildman–Crippen LogP) is 5.98. The highest BCUT2D eigenvalue weighted by Crippen LogP contribution is 2.38. The lowest BCUT2D eigenvalue weighted by Crippen LogP contribution is -2.51. The lowest BCUT2D eigenvalue weighted by molar-refractivity contribution is -0.384. The minimum atomic E-state index is -3.90. The smallest absolute Gasteiger partial charge is 0.269 e. The minimum Gasteiger partial charge on any atom is -0.300 e. The Bertz CT molecular complexity index is 1290. The number of likely N-dealkylation sites (tertiary alicyclic amines) is 1. The molecule has 0 amide bonds. The minimum absolute atomic E-state index is 0.0702. The fraction of sp³-hybridized carbons (Fsp3) is 0.379. The van der Waals surface area contributed by atoms with E-state index in [-0.39, 0.29) is 16.6 Å². The molecule has 0 radical (unpaired) electrons. The molecule has 2 fully saturated rings. The van der Waals surface area contributed by atoms with Crippen LogP contribution in [0.15, 0.2) is 89.8 Å². The number of nitro groups is 1. The van der Waals surface area contributed by atoms with Crippen LogP contribution in [0.25, 0.3) is 0 Å². The molecule has 3 aromatic rings. The number of para-hydroxylation sites is 1. The quantitative estimate of drug-likeness (QED) is 0.283. The molecule has 37 heavy (non-hydrogen) atoms. The van der Waals surface area contributed by atoms with E-state index < -0.39 is 14.9 Å². The number of piperidine rings is 1. The third kappa shape index (κ3) is 5.40. The summed E-state index contributed by atoms with van der Waals surface area (Å²) in [5, 5.41) is 11.1. The zero-order chi connectivity index (χ0) is 25.8. The Morgan fingerprint density at radius 3 is 2.00 bits per heavy atom. The molecular formula is C29H33N3O4S. The molecule has 8 heteroatoms. The molecule has 0 bridgehead atoms. The van der Waals surface area contributed by atoms with Crippen molar-refractivity contribution in [3.05, 3.63) is 101 Å². The normalized spacial score (nSPS) is 21.4. The van der Waals surface area contributed by atoms with Gasteiger partial charge >= 0.3 is 0 Å². The second kappa shape index (κ2) is 11.0. The van der Waals surface area contributed by atoms with Gasteiger partial charge in [-0.05, 0) is 61.4 Å². The third-order valence-corrected chi connectivity index (χ3v) is 9.77. The first-order chi connectivity index (χ1) is 17.9. The van der Waals surface area contributed by atoms with Gasteiger partial charge in [0.1, 0.15) is 0 Å². The van der Waals surface area contributed by atoms with Crippen LogP contribution in [0.4, 0.5) is 11.4 Å². The lowest BCUT2D eigenvalue weighted by Gasteiger charge is -2.45. The van der Waals surface area contributed by atoms with Gasteiger partial charge in [-0.1, -0.05) is 61.4 Å². The zero-order valence-corrected chi connectivity index (χ0v) is 21.7. The van der Waals surface area contributed by atoms with Crippen LogP contribution in [-0.2, 0) is 10.0 Å². The van der Waals surface area contributed by atoms with E-state index in [1.807, 2.05) is 30.3 Å². The molecule has 1 aliphatic carbocycles. The molecule has 1 aliphatic heterocycles. The third-order valence-electron chi connectivity index (χ3n) is 7.87. The molecule has 0 N–H and O–H groups in total. The number of nitrogens with zero attached hydrogens (tertiary/aromatic N) is 3. The van der Waals surface area contributed by atoms with Crippen molar-refractivity contribution in [1.29, 1.82) is 0 Å². The highest BCUT2D eigenvalue weighted by molar-refractivity contribution is 7.92. The van der Waals surface area contributed by atoms with Gasteiger partial charge in [0.15, 0.2) is 0 Å². The Labute approximate surface area is 218 Å². The SMILES string of the molecule is O=[N+]([O-])c1ccc(S(=O)(=O)N(c2ccccc2)C2CCN(C3CCCCC3c3ccccc3)CC2)cc1. The van der Waals surface area contributed by atoms with Gasteiger partial charge in [-0.25, -0.2) is 8.42 Å². The molecule has 2 atom stereocenters. The fourth-order valence-electron chi connectivity index (χ4n) is 6.06. The number of hydrogen-bond donors (Lipinski definition) is 0. The average molecular weight is 520 g/mol. The van der Waals surface area contributed by atoms with E-state index >= 15 is 0 Å². The van der Waals surface area contributed by atoms with Crippen LogP contribution in [-0.4, -0.2) is 43.4 Å². The summed E-state index contributed by atoms with van der Waals surface area (Å²) in [6.07, 6.45) is 6.33. The van der Waals surface area contributed by atoms with Gasteiger partial charge in [0.2, 0.25) is 0 Å². The van der Waals surface area contributed by atoms with E-state index in [4.69, 9.17) is 0 Å². The Balaban J connectivity index is 1.38. The van der Waals surface area contributed by atoms with Crippen LogP contribution in [0.3, 0.4) is 0 Å². The summed E-state index contributed by atoms with van der Waals surface area (Å²) in [6, 6.07) is 25.5. The number of anilines is 1. The molecule has 1 saturated carbocycles. The molecule has 7 nitrogen and oxygen atoms in total. The van der Waals surface area contributed by atoms with Crippen molar-refractivity contribution in [3.63, 3.8) is 0 Å². The van der Waals surface area contributed by atoms with E-state index in [0.29, 0.717) is 17.6 Å². The number of hydrogen-bond acceptors (Lipinski definition) is 5. The summed E-state index contributed by atoms with van der Waals surface area (Å²) in [7, 11) is -3.90. The van der Waals surface area contributed by atoms with Crippen LogP contribution < -0.4 is 4.31 Å². The van der Waals surface area contributed by atoms with Gasteiger partial charge < -0.3 is 0 Å². The number of nitro benzene ring substituents is 1. The Morgan fingerprint density at radius 1 is 0.784 bits per heavy atom. The van der Waals surface area contributed by atoms with Crippen LogP contribution in [0, 0.1) is 10.1 Å². The standard InChI is InChI=1S/C29H33N3O4S/c33-32(34)26-15-17-27(18-16-26)37(35,36)31(24-11-5-2-6-12-24)25-19-21-30(22-20-25)29-14-8-7-13-28(29)23-9-3-1-4-10-23/h1-6,9-12,15-18,25,28-29H,7-8,13-14,19-22H2. The lowest BCUT2D eigenvalue weighted by atomic mass is 9.78. The first-order valence-electron chi connectivity index (χ1n) is 13.1. The van der Waals surface area contributed by atoms with E-state index in [0.717, 1.165) is 25.9 Å². The maximum absolute atomic E-state index is 13.9. The predicted molar refractivity (Wildman–Crippen MR) is 145 cm³/mol. The van der Waals surface area contributed by atoms with Crippen molar-refractivity contribution in [2.75, 3.05) is 17.4 Å². The van der Waals surface area contributed by atoms with Gasteiger partial charge in [-0.15, -0.1) is 0 Å². The van der Waals surface area contributed by atoms with Gasteiger partial charge in [-0.3, -0.25) is 19.3 Å². The van der Waals surface area contributed by atoms with Crippen molar-refractivity contribution in [2.45, 2.75) is 61.4 Å². The van der Waals surface area contributed by atoms with E-state index in [1.165, 1.54) is 55.5 Å². The molecule has 2 unspecified atom stereocenters. The molecule has 1 saturated heterocycles. The van der Waals surface area contributed by atoms with E-state index in [2.05, 4.69) is 35.2 Å². The molecular weight excluding hydrogens is 486 g/mol. The Morgan fingerprint density at radius 2 is 1.38 bits per heavy atom. The molecule has 0 aromatic heterocycles. The van der Waals surface area contributed by atoms with E-state index in [1.54, 1.807) is 4.31 Å². The summed E-state index contributed by atoms with van der Waals surface area (Å²) < 4.78 is 29.3. The van der Waals surface area contributed by atoms with Crippen LogP contribution in [0.2, 0.25) is 0 Å².